The molecule has 0 saturated heterocycles. The molecule has 1 atom stereocenters. The summed E-state index contributed by atoms with van der Waals surface area (Å²) in [4.78, 5) is 11.7. The summed E-state index contributed by atoms with van der Waals surface area (Å²) < 4.78 is 5.71. The van der Waals surface area contributed by atoms with Gasteiger partial charge in [0, 0.05) is 6.54 Å². The van der Waals surface area contributed by atoms with E-state index < -0.39 is 6.10 Å². The van der Waals surface area contributed by atoms with Crippen molar-refractivity contribution >= 4 is 5.91 Å². The minimum Gasteiger partial charge on any atom is -0.393 e. The lowest BCUT2D eigenvalue weighted by Gasteiger charge is -2.27. The molecule has 1 aliphatic carbocycles. The Morgan fingerprint density at radius 3 is 2.41 bits per heavy atom. The van der Waals surface area contributed by atoms with Crippen LogP contribution >= 0.6 is 0 Å². The zero-order valence-corrected chi connectivity index (χ0v) is 11.1. The largest absolute Gasteiger partial charge is 0.393 e. The molecular formula is C13H25NO3. The predicted molar refractivity (Wildman–Crippen MR) is 66.7 cm³/mol. The molecule has 4 nitrogen and oxygen atoms in total. The van der Waals surface area contributed by atoms with E-state index in [0.29, 0.717) is 12.5 Å². The summed E-state index contributed by atoms with van der Waals surface area (Å²) in [5.74, 6) is 0.417. The van der Waals surface area contributed by atoms with Crippen molar-refractivity contribution in [3.63, 3.8) is 0 Å². The highest BCUT2D eigenvalue weighted by Crippen LogP contribution is 2.22. The molecule has 1 amide bonds. The normalized spacial score (nSPS) is 26.9. The van der Waals surface area contributed by atoms with Crippen molar-refractivity contribution in [3.05, 3.63) is 0 Å². The molecule has 0 radical (unpaired) electrons. The summed E-state index contributed by atoms with van der Waals surface area (Å²) in [5, 5.41) is 12.2. The molecule has 100 valence electrons. The molecule has 0 spiro atoms. The van der Waals surface area contributed by atoms with Gasteiger partial charge >= 0.3 is 0 Å². The Kier molecular flexibility index (Phi) is 5.92. The molecule has 0 heterocycles. The summed E-state index contributed by atoms with van der Waals surface area (Å²) in [6.45, 7) is 6.61. The fourth-order valence-corrected chi connectivity index (χ4v) is 1.98. The Bertz CT molecular complexity index is 235. The van der Waals surface area contributed by atoms with Crippen LogP contribution in [0.3, 0.4) is 0 Å². The van der Waals surface area contributed by atoms with Crippen LogP contribution in [0.15, 0.2) is 0 Å². The molecule has 0 bridgehead atoms. The Morgan fingerprint density at radius 1 is 1.29 bits per heavy atom. The minimum absolute atomic E-state index is 0.0372. The molecule has 1 unspecified atom stereocenters. The van der Waals surface area contributed by atoms with E-state index in [4.69, 9.17) is 4.74 Å². The van der Waals surface area contributed by atoms with Crippen LogP contribution in [0.1, 0.15) is 46.5 Å². The lowest BCUT2D eigenvalue weighted by Crippen LogP contribution is -2.39. The van der Waals surface area contributed by atoms with E-state index in [1.165, 1.54) is 0 Å². The van der Waals surface area contributed by atoms with Crippen LogP contribution in [0, 0.1) is 5.92 Å². The minimum atomic E-state index is -0.394. The molecule has 1 saturated carbocycles. The number of hydrogen-bond donors (Lipinski definition) is 2. The van der Waals surface area contributed by atoms with Crippen molar-refractivity contribution in [3.8, 4) is 0 Å². The first-order chi connectivity index (χ1) is 7.99. The fraction of sp³-hybridized carbons (Fsp3) is 0.923. The van der Waals surface area contributed by atoms with Crippen molar-refractivity contribution in [2.75, 3.05) is 6.54 Å². The maximum absolute atomic E-state index is 11.7. The van der Waals surface area contributed by atoms with Gasteiger partial charge in [0.1, 0.15) is 6.10 Å². The van der Waals surface area contributed by atoms with Crippen LogP contribution in [0.5, 0.6) is 0 Å². The standard InChI is InChI=1S/C13H25NO3/c1-9(2)8-14-13(16)10(3)17-12-6-4-11(15)5-7-12/h9-12,15H,4-8H2,1-3H3,(H,14,16). The van der Waals surface area contributed by atoms with E-state index >= 15 is 0 Å². The summed E-state index contributed by atoms with van der Waals surface area (Å²) in [5.41, 5.74) is 0. The van der Waals surface area contributed by atoms with Gasteiger partial charge in [-0.2, -0.15) is 0 Å². The fourth-order valence-electron chi connectivity index (χ4n) is 1.98. The monoisotopic (exact) mass is 243 g/mol. The third kappa shape index (κ3) is 5.50. The molecule has 0 aromatic rings. The van der Waals surface area contributed by atoms with E-state index in [9.17, 15) is 9.90 Å². The van der Waals surface area contributed by atoms with E-state index in [1.807, 2.05) is 0 Å². The lowest BCUT2D eigenvalue weighted by atomic mass is 9.95. The van der Waals surface area contributed by atoms with Gasteiger partial charge in [0.15, 0.2) is 0 Å². The number of hydrogen-bond acceptors (Lipinski definition) is 3. The first-order valence-electron chi connectivity index (χ1n) is 6.60. The number of rotatable bonds is 5. The second kappa shape index (κ2) is 6.97. The molecular weight excluding hydrogens is 218 g/mol. The SMILES string of the molecule is CC(C)CNC(=O)C(C)OC1CCC(O)CC1. The molecule has 0 aliphatic heterocycles. The quantitative estimate of drug-likeness (QED) is 0.768. The topological polar surface area (TPSA) is 58.6 Å². The first kappa shape index (κ1) is 14.5. The Balaban J connectivity index is 2.23. The summed E-state index contributed by atoms with van der Waals surface area (Å²) in [6.07, 6.45) is 2.81. The Labute approximate surface area is 104 Å². The van der Waals surface area contributed by atoms with Gasteiger partial charge in [-0.15, -0.1) is 0 Å². The number of aliphatic hydroxyl groups excluding tert-OH is 1. The van der Waals surface area contributed by atoms with Crippen molar-refractivity contribution < 1.29 is 14.6 Å². The maximum atomic E-state index is 11.7. The highest BCUT2D eigenvalue weighted by atomic mass is 16.5. The number of nitrogens with one attached hydrogen (secondary N) is 1. The van der Waals surface area contributed by atoms with Gasteiger partial charge in [-0.1, -0.05) is 13.8 Å². The van der Waals surface area contributed by atoms with Crippen molar-refractivity contribution in [2.24, 2.45) is 5.92 Å². The van der Waals surface area contributed by atoms with Crippen LogP contribution in [-0.4, -0.2) is 35.9 Å². The van der Waals surface area contributed by atoms with Gasteiger partial charge in [-0.25, -0.2) is 0 Å². The molecule has 4 heteroatoms. The molecule has 0 aromatic carbocycles. The number of ether oxygens (including phenoxy) is 1. The van der Waals surface area contributed by atoms with Crippen molar-refractivity contribution in [1.29, 1.82) is 0 Å². The van der Waals surface area contributed by atoms with E-state index in [1.54, 1.807) is 6.92 Å². The molecule has 2 N–H and O–H groups in total. The highest BCUT2D eigenvalue weighted by Gasteiger charge is 2.24. The molecule has 1 fully saturated rings. The molecule has 17 heavy (non-hydrogen) atoms. The molecule has 1 rings (SSSR count). The zero-order chi connectivity index (χ0) is 12.8. The number of carbonyl (C=O) groups excluding carboxylic acids is 1. The van der Waals surface area contributed by atoms with Gasteiger partial charge < -0.3 is 15.2 Å². The van der Waals surface area contributed by atoms with Gasteiger partial charge in [-0.05, 0) is 38.5 Å². The van der Waals surface area contributed by atoms with Crippen LogP contribution in [0.2, 0.25) is 0 Å². The lowest BCUT2D eigenvalue weighted by molar-refractivity contribution is -0.137. The van der Waals surface area contributed by atoms with Crippen LogP contribution in [0.25, 0.3) is 0 Å². The average molecular weight is 243 g/mol. The summed E-state index contributed by atoms with van der Waals surface area (Å²) in [7, 11) is 0. The van der Waals surface area contributed by atoms with Crippen molar-refractivity contribution in [1.82, 2.24) is 5.32 Å². The first-order valence-corrected chi connectivity index (χ1v) is 6.60. The number of carbonyl (C=O) groups is 1. The predicted octanol–water partition coefficient (Wildman–Crippen LogP) is 1.47. The van der Waals surface area contributed by atoms with Crippen LogP contribution < -0.4 is 5.32 Å². The van der Waals surface area contributed by atoms with Gasteiger partial charge in [0.05, 0.1) is 12.2 Å². The Hall–Kier alpha value is -0.610. The Morgan fingerprint density at radius 2 is 1.88 bits per heavy atom. The van der Waals surface area contributed by atoms with Crippen molar-refractivity contribution in [2.45, 2.75) is 64.8 Å². The molecule has 1 aliphatic rings. The third-order valence-electron chi connectivity index (χ3n) is 3.09. The number of amides is 1. The van der Waals surface area contributed by atoms with Gasteiger partial charge in [-0.3, -0.25) is 4.79 Å². The van der Waals surface area contributed by atoms with Gasteiger partial charge in [0.25, 0.3) is 0 Å². The number of aliphatic hydroxyl groups is 1. The van der Waals surface area contributed by atoms with E-state index in [-0.39, 0.29) is 18.1 Å². The maximum Gasteiger partial charge on any atom is 0.248 e. The average Bonchev–Trinajstić information content (AvgIpc) is 2.28. The summed E-state index contributed by atoms with van der Waals surface area (Å²) in [6, 6.07) is 0. The second-order valence-corrected chi connectivity index (χ2v) is 5.35. The second-order valence-electron chi connectivity index (χ2n) is 5.35. The smallest absolute Gasteiger partial charge is 0.248 e. The van der Waals surface area contributed by atoms with E-state index in [2.05, 4.69) is 19.2 Å². The molecule has 0 aromatic heterocycles. The third-order valence-corrected chi connectivity index (χ3v) is 3.09. The van der Waals surface area contributed by atoms with Crippen LogP contribution in [0.4, 0.5) is 0 Å². The highest BCUT2D eigenvalue weighted by molar-refractivity contribution is 5.80. The van der Waals surface area contributed by atoms with Crippen LogP contribution in [-0.2, 0) is 9.53 Å². The van der Waals surface area contributed by atoms with Gasteiger partial charge in [0.2, 0.25) is 5.91 Å². The van der Waals surface area contributed by atoms with E-state index in [0.717, 1.165) is 25.7 Å². The zero-order valence-electron chi connectivity index (χ0n) is 11.1. The summed E-state index contributed by atoms with van der Waals surface area (Å²) >= 11 is 0.